The van der Waals surface area contributed by atoms with Crippen LogP contribution in [-0.2, 0) is 0 Å². The van der Waals surface area contributed by atoms with Gasteiger partial charge in [0, 0.05) is 12.2 Å². The van der Waals surface area contributed by atoms with Gasteiger partial charge in [0.2, 0.25) is 0 Å². The summed E-state index contributed by atoms with van der Waals surface area (Å²) in [5, 5.41) is 30.6. The standard InChI is InChI=1S/C20H29NO6.3Na.3H/c1-2-3-4-5-6-7-8-9-10-11-21-14-12-15(18(22)23)17(20(26)27)16(13-14)19(24)25;;;;;;/h12-13,21H,2-11H2,1H3,(H,22,23)(H,24,25)(H,26,27);;;;;;. The second-order valence-corrected chi connectivity index (χ2v) is 6.62. The molecule has 0 fully saturated rings. The molecule has 0 atom stereocenters. The first-order valence-corrected chi connectivity index (χ1v) is 9.50. The molecule has 0 bridgehead atoms. The van der Waals surface area contributed by atoms with Crippen LogP contribution in [0.5, 0.6) is 0 Å². The molecule has 0 unspecified atom stereocenters. The molecular formula is C20H32NNa3O6. The van der Waals surface area contributed by atoms with Crippen molar-refractivity contribution in [2.45, 2.75) is 64.7 Å². The van der Waals surface area contributed by atoms with E-state index in [1.165, 1.54) is 50.7 Å². The summed E-state index contributed by atoms with van der Waals surface area (Å²) in [7, 11) is 0. The minimum absolute atomic E-state index is 0. The van der Waals surface area contributed by atoms with Gasteiger partial charge in [-0.3, -0.25) is 0 Å². The van der Waals surface area contributed by atoms with Crippen molar-refractivity contribution in [1.29, 1.82) is 0 Å². The summed E-state index contributed by atoms with van der Waals surface area (Å²) in [4.78, 5) is 33.9. The molecule has 7 nitrogen and oxygen atoms in total. The number of nitrogens with one attached hydrogen (secondary N) is 1. The number of benzene rings is 1. The van der Waals surface area contributed by atoms with Gasteiger partial charge >= 0.3 is 107 Å². The summed E-state index contributed by atoms with van der Waals surface area (Å²) < 4.78 is 0. The molecule has 0 heterocycles. The van der Waals surface area contributed by atoms with Gasteiger partial charge in [0.05, 0.1) is 16.7 Å². The number of carbonyl (C=O) groups is 3. The fraction of sp³-hybridized carbons (Fsp3) is 0.550. The predicted octanol–water partition coefficient (Wildman–Crippen LogP) is 2.78. The van der Waals surface area contributed by atoms with Crippen molar-refractivity contribution >= 4 is 112 Å². The number of aromatic carboxylic acids is 3. The van der Waals surface area contributed by atoms with Crippen LogP contribution in [0.1, 0.15) is 95.8 Å². The summed E-state index contributed by atoms with van der Waals surface area (Å²) in [6, 6.07) is 2.35. The third kappa shape index (κ3) is 13.1. The Morgan fingerprint density at radius 2 is 1.10 bits per heavy atom. The normalized spacial score (nSPS) is 9.50. The van der Waals surface area contributed by atoms with Gasteiger partial charge < -0.3 is 20.6 Å². The maximum atomic E-state index is 11.3. The van der Waals surface area contributed by atoms with Crippen molar-refractivity contribution < 1.29 is 29.7 Å². The van der Waals surface area contributed by atoms with Crippen LogP contribution >= 0.6 is 0 Å². The first-order chi connectivity index (χ1) is 12.9. The molecule has 1 aromatic carbocycles. The Kier molecular flexibility index (Phi) is 23.4. The SMILES string of the molecule is CCCCCCCCCCCNc1cc(C(=O)O)c(C(=O)O)c(C(=O)O)c1.[NaH].[NaH].[NaH]. The van der Waals surface area contributed by atoms with Crippen molar-refractivity contribution in [3.63, 3.8) is 0 Å². The average molecular weight is 451 g/mol. The average Bonchev–Trinajstić information content (AvgIpc) is 2.62. The maximum absolute atomic E-state index is 11.3. The van der Waals surface area contributed by atoms with Crippen molar-refractivity contribution in [2.24, 2.45) is 0 Å². The van der Waals surface area contributed by atoms with Gasteiger partial charge in [-0.1, -0.05) is 58.3 Å². The van der Waals surface area contributed by atoms with Crippen LogP contribution in [0.25, 0.3) is 0 Å². The van der Waals surface area contributed by atoms with E-state index in [0.717, 1.165) is 19.3 Å². The van der Waals surface area contributed by atoms with Crippen LogP contribution in [0.4, 0.5) is 5.69 Å². The van der Waals surface area contributed by atoms with Gasteiger partial charge in [-0.05, 0) is 18.6 Å². The zero-order chi connectivity index (χ0) is 20.2. The Morgan fingerprint density at radius 3 is 1.47 bits per heavy atom. The Morgan fingerprint density at radius 1 is 0.700 bits per heavy atom. The third-order valence-corrected chi connectivity index (χ3v) is 4.42. The van der Waals surface area contributed by atoms with E-state index in [0.29, 0.717) is 12.2 Å². The zero-order valence-corrected chi connectivity index (χ0v) is 15.8. The molecule has 0 radical (unpaired) electrons. The number of hydrogen-bond donors (Lipinski definition) is 4. The van der Waals surface area contributed by atoms with Crippen LogP contribution in [0.15, 0.2) is 12.1 Å². The summed E-state index contributed by atoms with van der Waals surface area (Å²) in [6.07, 6.45) is 10.6. The van der Waals surface area contributed by atoms with E-state index in [4.69, 9.17) is 5.11 Å². The van der Waals surface area contributed by atoms with Gasteiger partial charge in [0.15, 0.2) is 0 Å². The molecule has 0 aliphatic heterocycles. The Labute approximate surface area is 244 Å². The molecule has 0 saturated carbocycles. The first kappa shape index (κ1) is 35.0. The number of unbranched alkanes of at least 4 members (excludes halogenated alkanes) is 8. The van der Waals surface area contributed by atoms with Crippen LogP contribution in [0.2, 0.25) is 0 Å². The molecule has 0 aromatic heterocycles. The van der Waals surface area contributed by atoms with Gasteiger partial charge in [-0.15, -0.1) is 0 Å². The fourth-order valence-electron chi connectivity index (χ4n) is 2.98. The van der Waals surface area contributed by atoms with Gasteiger partial charge in [0.25, 0.3) is 0 Å². The van der Waals surface area contributed by atoms with E-state index in [1.54, 1.807) is 0 Å². The molecule has 0 aliphatic rings. The zero-order valence-electron chi connectivity index (χ0n) is 15.8. The Bertz CT molecular complexity index is 635. The molecule has 0 amide bonds. The quantitative estimate of drug-likeness (QED) is 0.253. The van der Waals surface area contributed by atoms with Gasteiger partial charge in [-0.25, -0.2) is 14.4 Å². The number of anilines is 1. The minimum atomic E-state index is -1.57. The number of hydrogen-bond acceptors (Lipinski definition) is 4. The van der Waals surface area contributed by atoms with Gasteiger partial charge in [0.1, 0.15) is 0 Å². The van der Waals surface area contributed by atoms with E-state index in [1.807, 2.05) is 0 Å². The first-order valence-electron chi connectivity index (χ1n) is 9.50. The van der Waals surface area contributed by atoms with Crippen molar-refractivity contribution in [3.05, 3.63) is 28.8 Å². The molecule has 10 heteroatoms. The topological polar surface area (TPSA) is 124 Å². The van der Waals surface area contributed by atoms with E-state index in [9.17, 15) is 24.6 Å². The molecule has 156 valence electrons. The number of carboxylic acid groups (broad SMARTS) is 3. The van der Waals surface area contributed by atoms with Crippen LogP contribution in [0, 0.1) is 0 Å². The Hall–Kier alpha value is 0.430. The van der Waals surface area contributed by atoms with Crippen LogP contribution in [-0.4, -0.2) is 128 Å². The molecule has 1 rings (SSSR count). The fourth-order valence-corrected chi connectivity index (χ4v) is 2.98. The molecule has 1 aromatic rings. The number of rotatable bonds is 14. The number of carboxylic acids is 3. The Balaban J connectivity index is -0.00000243. The third-order valence-electron chi connectivity index (χ3n) is 4.42. The monoisotopic (exact) mass is 451 g/mol. The van der Waals surface area contributed by atoms with Crippen LogP contribution < -0.4 is 5.32 Å². The summed E-state index contributed by atoms with van der Waals surface area (Å²) in [5.74, 6) is -4.52. The van der Waals surface area contributed by atoms with E-state index in [-0.39, 0.29) is 88.7 Å². The second-order valence-electron chi connectivity index (χ2n) is 6.62. The van der Waals surface area contributed by atoms with Gasteiger partial charge in [-0.2, -0.15) is 0 Å². The van der Waals surface area contributed by atoms with Crippen LogP contribution in [0.3, 0.4) is 0 Å². The summed E-state index contributed by atoms with van der Waals surface area (Å²) in [6.45, 7) is 2.77. The molecule has 0 spiro atoms. The predicted molar refractivity (Wildman–Crippen MR) is 124 cm³/mol. The molecule has 0 aliphatic carbocycles. The summed E-state index contributed by atoms with van der Waals surface area (Å²) >= 11 is 0. The van der Waals surface area contributed by atoms with E-state index in [2.05, 4.69) is 12.2 Å². The van der Waals surface area contributed by atoms with E-state index >= 15 is 0 Å². The molecule has 0 saturated heterocycles. The molecular weight excluding hydrogens is 419 g/mol. The van der Waals surface area contributed by atoms with Crippen molar-refractivity contribution in [3.8, 4) is 0 Å². The van der Waals surface area contributed by atoms with Crippen molar-refractivity contribution in [2.75, 3.05) is 11.9 Å². The summed E-state index contributed by atoms with van der Waals surface area (Å²) in [5.41, 5.74) is -1.47. The molecule has 4 N–H and O–H groups in total. The van der Waals surface area contributed by atoms with Crippen molar-refractivity contribution in [1.82, 2.24) is 0 Å². The molecule has 30 heavy (non-hydrogen) atoms. The van der Waals surface area contributed by atoms with E-state index < -0.39 is 34.6 Å². The second kappa shape index (κ2) is 20.1.